The number of hydrogen-bond acceptors (Lipinski definition) is 5. The van der Waals surface area contributed by atoms with Crippen LogP contribution in [0.5, 0.6) is 0 Å². The molecule has 0 aliphatic carbocycles. The Kier molecular flexibility index (Phi) is 3.58. The van der Waals surface area contributed by atoms with E-state index in [0.717, 1.165) is 11.3 Å². The number of hydrogen-bond donors (Lipinski definition) is 1. The molecule has 1 amide bonds. The minimum absolute atomic E-state index is 0.0277. The van der Waals surface area contributed by atoms with Crippen molar-refractivity contribution in [3.8, 4) is 0 Å². The molecule has 104 valence electrons. The third-order valence-corrected chi connectivity index (χ3v) is 4.77. The molecule has 2 unspecified atom stereocenters. The van der Waals surface area contributed by atoms with Crippen LogP contribution < -0.4 is 5.32 Å². The zero-order chi connectivity index (χ0) is 13.3. The summed E-state index contributed by atoms with van der Waals surface area (Å²) < 4.78 is 11.1. The van der Waals surface area contributed by atoms with Gasteiger partial charge in [0.1, 0.15) is 11.8 Å². The number of nitrogens with zero attached hydrogens (tertiary/aromatic N) is 1. The van der Waals surface area contributed by atoms with Gasteiger partial charge in [-0.15, -0.1) is 11.3 Å². The summed E-state index contributed by atoms with van der Waals surface area (Å²) in [5.41, 5.74) is -0.350. The Hall–Kier alpha value is -0.950. The van der Waals surface area contributed by atoms with Crippen molar-refractivity contribution in [1.29, 1.82) is 0 Å². The fourth-order valence-corrected chi connectivity index (χ4v) is 3.48. The monoisotopic (exact) mass is 282 g/mol. The van der Waals surface area contributed by atoms with Crippen LogP contribution in [-0.4, -0.2) is 49.8 Å². The van der Waals surface area contributed by atoms with E-state index in [2.05, 4.69) is 11.4 Å². The molecule has 1 aromatic heterocycles. The third-order valence-electron chi connectivity index (χ3n) is 3.85. The van der Waals surface area contributed by atoms with Gasteiger partial charge in [-0.3, -0.25) is 10.1 Å². The molecule has 0 aromatic carbocycles. The minimum atomic E-state index is -0.350. The summed E-state index contributed by atoms with van der Waals surface area (Å²) >= 11 is 1.66. The Morgan fingerprint density at radius 2 is 2.58 bits per heavy atom. The summed E-state index contributed by atoms with van der Waals surface area (Å²) in [5.74, 6) is 0.127. The lowest BCUT2D eigenvalue weighted by molar-refractivity contribution is -0.133. The van der Waals surface area contributed by atoms with Gasteiger partial charge in [-0.1, -0.05) is 6.07 Å². The van der Waals surface area contributed by atoms with Crippen LogP contribution in [-0.2, 0) is 14.3 Å². The number of amides is 1. The lowest BCUT2D eigenvalue weighted by atomic mass is 10.0. The first kappa shape index (κ1) is 13.1. The van der Waals surface area contributed by atoms with Crippen LogP contribution in [0.2, 0.25) is 0 Å². The Bertz CT molecular complexity index is 443. The normalized spacial score (nSPS) is 31.3. The van der Waals surface area contributed by atoms with E-state index in [4.69, 9.17) is 9.47 Å². The van der Waals surface area contributed by atoms with Crippen LogP contribution in [0.25, 0.3) is 0 Å². The number of carbonyl (C=O) groups is 1. The maximum Gasteiger partial charge on any atom is 0.238 e. The lowest BCUT2D eigenvalue weighted by Gasteiger charge is -2.33. The van der Waals surface area contributed by atoms with E-state index in [0.29, 0.717) is 26.3 Å². The Balaban J connectivity index is 1.79. The molecule has 19 heavy (non-hydrogen) atoms. The summed E-state index contributed by atoms with van der Waals surface area (Å²) in [7, 11) is 1.70. The fraction of sp³-hybridized carbons (Fsp3) is 0.615. The number of thiophene rings is 1. The van der Waals surface area contributed by atoms with Gasteiger partial charge in [0.15, 0.2) is 0 Å². The SMILES string of the molecule is COC1(CN2C(=O)CNC2c2cccs2)CCOC1. The topological polar surface area (TPSA) is 50.8 Å². The number of rotatable bonds is 4. The van der Waals surface area contributed by atoms with Gasteiger partial charge < -0.3 is 14.4 Å². The molecule has 0 spiro atoms. The first-order valence-corrected chi connectivity index (χ1v) is 7.31. The molecule has 2 aliphatic heterocycles. The van der Waals surface area contributed by atoms with Gasteiger partial charge in [-0.25, -0.2) is 0 Å². The van der Waals surface area contributed by atoms with Gasteiger partial charge in [-0.2, -0.15) is 0 Å². The molecule has 0 radical (unpaired) electrons. The van der Waals surface area contributed by atoms with Crippen LogP contribution in [0.15, 0.2) is 17.5 Å². The minimum Gasteiger partial charge on any atom is -0.378 e. The summed E-state index contributed by atoms with van der Waals surface area (Å²) in [6, 6.07) is 4.06. The molecule has 2 atom stereocenters. The molecule has 5 nitrogen and oxygen atoms in total. The number of carbonyl (C=O) groups excluding carboxylic acids is 1. The highest BCUT2D eigenvalue weighted by Gasteiger charge is 2.42. The highest BCUT2D eigenvalue weighted by Crippen LogP contribution is 2.31. The first-order valence-electron chi connectivity index (χ1n) is 6.43. The molecule has 0 bridgehead atoms. The molecular formula is C13H18N2O3S. The van der Waals surface area contributed by atoms with Gasteiger partial charge >= 0.3 is 0 Å². The fourth-order valence-electron chi connectivity index (χ4n) is 2.67. The summed E-state index contributed by atoms with van der Waals surface area (Å²) in [4.78, 5) is 15.1. The molecular weight excluding hydrogens is 264 g/mol. The summed E-state index contributed by atoms with van der Waals surface area (Å²) in [6.07, 6.45) is 0.810. The molecule has 1 aromatic rings. The summed E-state index contributed by atoms with van der Waals surface area (Å²) in [5, 5.41) is 5.30. The predicted molar refractivity (Wildman–Crippen MR) is 72.0 cm³/mol. The molecule has 1 N–H and O–H groups in total. The van der Waals surface area contributed by atoms with E-state index in [-0.39, 0.29) is 17.7 Å². The van der Waals surface area contributed by atoms with Gasteiger partial charge in [-0.05, 0) is 11.4 Å². The van der Waals surface area contributed by atoms with Crippen molar-refractivity contribution in [2.24, 2.45) is 0 Å². The first-order chi connectivity index (χ1) is 9.24. The predicted octanol–water partition coefficient (Wildman–Crippen LogP) is 0.984. The van der Waals surface area contributed by atoms with Crippen molar-refractivity contribution in [3.63, 3.8) is 0 Å². The van der Waals surface area contributed by atoms with E-state index >= 15 is 0 Å². The standard InChI is InChI=1S/C13H18N2O3S/c1-17-13(4-5-18-9-13)8-15-11(16)7-14-12(15)10-3-2-6-19-10/h2-3,6,12,14H,4-5,7-9H2,1H3. The summed E-state index contributed by atoms with van der Waals surface area (Å²) in [6.45, 7) is 2.23. The quantitative estimate of drug-likeness (QED) is 0.894. The molecule has 0 saturated carbocycles. The van der Waals surface area contributed by atoms with Crippen molar-refractivity contribution < 1.29 is 14.3 Å². The molecule has 2 aliphatic rings. The van der Waals surface area contributed by atoms with Crippen LogP contribution in [0.3, 0.4) is 0 Å². The second kappa shape index (κ2) is 5.20. The van der Waals surface area contributed by atoms with E-state index in [1.54, 1.807) is 18.4 Å². The van der Waals surface area contributed by atoms with Crippen LogP contribution in [0.4, 0.5) is 0 Å². The van der Waals surface area contributed by atoms with E-state index in [1.165, 1.54) is 0 Å². The molecule has 6 heteroatoms. The van der Waals surface area contributed by atoms with Crippen LogP contribution in [0, 0.1) is 0 Å². The van der Waals surface area contributed by atoms with Gasteiger partial charge in [0.2, 0.25) is 5.91 Å². The lowest BCUT2D eigenvalue weighted by Crippen LogP contribution is -2.47. The van der Waals surface area contributed by atoms with Crippen molar-refractivity contribution >= 4 is 17.2 Å². The van der Waals surface area contributed by atoms with Crippen LogP contribution >= 0.6 is 11.3 Å². The maximum atomic E-state index is 12.1. The average Bonchev–Trinajstić information content (AvgIpc) is 3.13. The second-order valence-electron chi connectivity index (χ2n) is 5.01. The molecule has 3 rings (SSSR count). The van der Waals surface area contributed by atoms with Gasteiger partial charge in [0.05, 0.1) is 19.7 Å². The van der Waals surface area contributed by atoms with Crippen LogP contribution in [0.1, 0.15) is 17.5 Å². The largest absolute Gasteiger partial charge is 0.378 e. The molecule has 2 saturated heterocycles. The highest BCUT2D eigenvalue weighted by atomic mass is 32.1. The number of nitrogens with one attached hydrogen (secondary N) is 1. The zero-order valence-electron chi connectivity index (χ0n) is 10.9. The maximum absolute atomic E-state index is 12.1. The number of ether oxygens (including phenoxy) is 2. The highest BCUT2D eigenvalue weighted by molar-refractivity contribution is 7.10. The third kappa shape index (κ3) is 2.41. The van der Waals surface area contributed by atoms with E-state index < -0.39 is 0 Å². The Labute approximate surface area is 116 Å². The second-order valence-corrected chi connectivity index (χ2v) is 5.99. The zero-order valence-corrected chi connectivity index (χ0v) is 11.7. The van der Waals surface area contributed by atoms with Crippen molar-refractivity contribution in [1.82, 2.24) is 10.2 Å². The van der Waals surface area contributed by atoms with E-state index in [9.17, 15) is 4.79 Å². The van der Waals surface area contributed by atoms with Crippen molar-refractivity contribution in [2.45, 2.75) is 18.2 Å². The Morgan fingerprint density at radius 1 is 1.68 bits per heavy atom. The Morgan fingerprint density at radius 3 is 3.21 bits per heavy atom. The molecule has 2 fully saturated rings. The van der Waals surface area contributed by atoms with Gasteiger partial charge in [0.25, 0.3) is 0 Å². The van der Waals surface area contributed by atoms with Crippen molar-refractivity contribution in [2.75, 3.05) is 33.4 Å². The smallest absolute Gasteiger partial charge is 0.238 e. The van der Waals surface area contributed by atoms with Crippen molar-refractivity contribution in [3.05, 3.63) is 22.4 Å². The molecule has 3 heterocycles. The number of methoxy groups -OCH3 is 1. The average molecular weight is 282 g/mol. The van der Waals surface area contributed by atoms with Gasteiger partial charge in [0, 0.05) is 25.0 Å². The van der Waals surface area contributed by atoms with E-state index in [1.807, 2.05) is 16.3 Å².